The van der Waals surface area contributed by atoms with Gasteiger partial charge in [-0.1, -0.05) is 125 Å². The molecule has 0 radical (unpaired) electrons. The summed E-state index contributed by atoms with van der Waals surface area (Å²) in [5.74, 6) is 0.945. The van der Waals surface area contributed by atoms with Crippen molar-refractivity contribution in [3.05, 3.63) is 178 Å². The lowest BCUT2D eigenvalue weighted by Crippen LogP contribution is -2.28. The summed E-state index contributed by atoms with van der Waals surface area (Å²) in [6, 6.07) is 54.9. The summed E-state index contributed by atoms with van der Waals surface area (Å²) >= 11 is 0. The Labute approximate surface area is 372 Å². The lowest BCUT2D eigenvalue weighted by atomic mass is 10.0. The molecule has 0 atom stereocenters. The minimum Gasteiger partial charge on any atom is -0.310 e. The Hall–Kier alpha value is -7.30. The molecule has 0 saturated carbocycles. The first-order valence-corrected chi connectivity index (χ1v) is 23.3. The lowest BCUT2D eigenvalue weighted by molar-refractivity contribution is 0.866. The number of rotatable bonds is 8. The highest BCUT2D eigenvalue weighted by atomic mass is 15.2. The fourth-order valence-corrected chi connectivity index (χ4v) is 11.3. The molecule has 0 unspecified atom stereocenters. The van der Waals surface area contributed by atoms with E-state index < -0.39 is 0 Å². The highest BCUT2D eigenvalue weighted by molar-refractivity contribution is 6.25. The molecule has 4 nitrogen and oxygen atoms in total. The van der Waals surface area contributed by atoms with Gasteiger partial charge in [0.15, 0.2) is 0 Å². The lowest BCUT2D eigenvalue weighted by Gasteiger charge is -2.27. The molecule has 0 fully saturated rings. The summed E-state index contributed by atoms with van der Waals surface area (Å²) in [6.07, 6.45) is 14.1. The van der Waals surface area contributed by atoms with E-state index in [9.17, 15) is 0 Å². The number of hydrogen-bond acceptors (Lipinski definition) is 2. The van der Waals surface area contributed by atoms with E-state index in [4.69, 9.17) is 0 Å². The fraction of sp³-hybridized carbons (Fsp3) is 0.167. The minimum atomic E-state index is 0.473. The molecule has 310 valence electrons. The first kappa shape index (κ1) is 37.3. The van der Waals surface area contributed by atoms with Crippen LogP contribution in [-0.2, 0) is 0 Å². The van der Waals surface area contributed by atoms with Gasteiger partial charge in [0, 0.05) is 76.2 Å². The van der Waals surface area contributed by atoms with Crippen LogP contribution in [0, 0.1) is 0 Å². The molecule has 64 heavy (non-hydrogen) atoms. The largest absolute Gasteiger partial charge is 0.310 e. The molecular weight excluding hydrogens is 777 g/mol. The van der Waals surface area contributed by atoms with Crippen molar-refractivity contribution in [2.45, 2.75) is 65.2 Å². The molecule has 4 heteroatoms. The van der Waals surface area contributed by atoms with Gasteiger partial charge in [-0.2, -0.15) is 0 Å². The van der Waals surface area contributed by atoms with Gasteiger partial charge in [-0.15, -0.1) is 0 Å². The van der Waals surface area contributed by atoms with Crippen LogP contribution in [0.2, 0.25) is 0 Å². The van der Waals surface area contributed by atoms with Gasteiger partial charge in [0.2, 0.25) is 0 Å². The Kier molecular flexibility index (Phi) is 8.21. The van der Waals surface area contributed by atoms with Crippen LogP contribution in [0.25, 0.3) is 78.7 Å². The van der Waals surface area contributed by atoms with Crippen LogP contribution >= 0.6 is 0 Å². The molecule has 0 spiro atoms. The quantitative estimate of drug-likeness (QED) is 0.152. The van der Waals surface area contributed by atoms with Crippen LogP contribution in [-0.4, -0.2) is 8.80 Å². The predicted octanol–water partition coefficient (Wildman–Crippen LogP) is 13.6. The second kappa shape index (κ2) is 14.1. The van der Waals surface area contributed by atoms with E-state index >= 15 is 0 Å². The van der Waals surface area contributed by atoms with E-state index in [-0.39, 0.29) is 0 Å². The van der Waals surface area contributed by atoms with Crippen LogP contribution in [0.15, 0.2) is 146 Å². The van der Waals surface area contributed by atoms with Crippen molar-refractivity contribution in [1.29, 1.82) is 0 Å². The van der Waals surface area contributed by atoms with Crippen LogP contribution in [0.5, 0.6) is 0 Å². The van der Waals surface area contributed by atoms with Crippen molar-refractivity contribution in [2.24, 2.45) is 0 Å². The zero-order valence-corrected chi connectivity index (χ0v) is 36.9. The molecule has 0 aliphatic heterocycles. The average molecular weight is 827 g/mol. The second-order valence-corrected chi connectivity index (χ2v) is 18.7. The van der Waals surface area contributed by atoms with Crippen molar-refractivity contribution >= 4 is 113 Å². The average Bonchev–Trinajstić information content (AvgIpc) is 4.06. The number of nitrogens with zero attached hydrogens (tertiary/aromatic N) is 4. The topological polar surface area (TPSA) is 15.3 Å². The first-order valence-electron chi connectivity index (χ1n) is 23.3. The van der Waals surface area contributed by atoms with E-state index in [2.05, 4.69) is 216 Å². The number of benzene rings is 7. The third-order valence-electron chi connectivity index (χ3n) is 14.4. The van der Waals surface area contributed by atoms with E-state index in [1.54, 1.807) is 0 Å². The Balaban J connectivity index is 1.09. The summed E-state index contributed by atoms with van der Waals surface area (Å²) in [4.78, 5) is 4.94. The van der Waals surface area contributed by atoms with E-state index in [0.717, 1.165) is 37.1 Å². The molecule has 4 aromatic heterocycles. The maximum Gasteiger partial charge on any atom is 0.0641 e. The molecule has 2 aliphatic carbocycles. The second-order valence-electron chi connectivity index (χ2n) is 18.7. The first-order chi connectivity index (χ1) is 31.4. The van der Waals surface area contributed by atoms with E-state index in [1.807, 2.05) is 0 Å². The van der Waals surface area contributed by atoms with Gasteiger partial charge in [-0.05, 0) is 121 Å². The van der Waals surface area contributed by atoms with Crippen LogP contribution < -0.4 is 30.9 Å². The molecule has 13 rings (SSSR count). The smallest absolute Gasteiger partial charge is 0.0641 e. The number of fused-ring (bicyclic) bond motifs is 12. The SMILES string of the molecule is CC(C)c1ccc(N(c2ccccc2)c2ccc3c4cc5c(cc4n4c6c(c2c34)=CCCC=6)c2ccc(N(c3ccccc3)c3ccc(C(C)C)cc3)c3c4c(n5c32)=CCCC=4)cc1. The van der Waals surface area contributed by atoms with Crippen LogP contribution in [0.4, 0.5) is 34.1 Å². The van der Waals surface area contributed by atoms with Gasteiger partial charge in [-0.25, -0.2) is 0 Å². The van der Waals surface area contributed by atoms with E-state index in [1.165, 1.54) is 109 Å². The monoisotopic (exact) mass is 826 g/mol. The van der Waals surface area contributed by atoms with Crippen molar-refractivity contribution in [3.8, 4) is 0 Å². The number of anilines is 6. The maximum atomic E-state index is 2.60. The highest BCUT2D eigenvalue weighted by Crippen LogP contribution is 2.46. The molecule has 0 amide bonds. The summed E-state index contributed by atoms with van der Waals surface area (Å²) in [6.45, 7) is 9.07. The number of aromatic nitrogens is 2. The van der Waals surface area contributed by atoms with Gasteiger partial charge in [0.1, 0.15) is 0 Å². The van der Waals surface area contributed by atoms with Gasteiger partial charge < -0.3 is 18.6 Å². The molecule has 11 aromatic rings. The molecule has 7 aromatic carbocycles. The summed E-state index contributed by atoms with van der Waals surface area (Å²) in [7, 11) is 0. The summed E-state index contributed by atoms with van der Waals surface area (Å²) in [5.41, 5.74) is 15.0. The number of hydrogen-bond donors (Lipinski definition) is 0. The normalized spacial score (nSPS) is 13.8. The Morgan fingerprint density at radius 2 is 0.766 bits per heavy atom. The van der Waals surface area contributed by atoms with Crippen molar-refractivity contribution in [1.82, 2.24) is 8.80 Å². The molecular formula is C60H50N4. The minimum absolute atomic E-state index is 0.473. The van der Waals surface area contributed by atoms with Gasteiger partial charge in [0.25, 0.3) is 0 Å². The molecule has 0 bridgehead atoms. The molecule has 2 aliphatic rings. The summed E-state index contributed by atoms with van der Waals surface area (Å²) in [5, 5.41) is 13.2. The van der Waals surface area contributed by atoms with Gasteiger partial charge in [-0.3, -0.25) is 0 Å². The molecule has 4 heterocycles. The van der Waals surface area contributed by atoms with Gasteiger partial charge in [0.05, 0.1) is 33.4 Å². The zero-order chi connectivity index (χ0) is 42.8. The van der Waals surface area contributed by atoms with E-state index in [0.29, 0.717) is 11.8 Å². The Morgan fingerprint density at radius 3 is 1.16 bits per heavy atom. The summed E-state index contributed by atoms with van der Waals surface area (Å²) < 4.78 is 5.21. The highest BCUT2D eigenvalue weighted by Gasteiger charge is 2.27. The standard InChI is InChI=1S/C60H50N4/c1-37(2)39-23-27-43(28-24-39)61(41-15-7-5-8-16-41)53-33-31-45-49-35-56-50(36-55(49)63-51-21-13-11-19-47(51)57(53)59(45)63)46-32-34-54(58-48-20-12-14-22-52(48)64(56)60(46)58)62(42-17-9-6-10-18-42)44-29-25-40(26-30-44)38(3)4/h5-10,15-38H,11-14H2,1-4H3. The molecule has 0 N–H and O–H groups in total. The zero-order valence-electron chi connectivity index (χ0n) is 36.9. The van der Waals surface area contributed by atoms with Crippen LogP contribution in [0.3, 0.4) is 0 Å². The fourth-order valence-electron chi connectivity index (χ4n) is 11.3. The Bertz CT molecular complexity index is 3610. The van der Waals surface area contributed by atoms with Crippen molar-refractivity contribution in [3.63, 3.8) is 0 Å². The van der Waals surface area contributed by atoms with Crippen molar-refractivity contribution in [2.75, 3.05) is 9.80 Å². The third kappa shape index (κ3) is 5.29. The Morgan fingerprint density at radius 1 is 0.391 bits per heavy atom. The van der Waals surface area contributed by atoms with Gasteiger partial charge >= 0.3 is 0 Å². The maximum absolute atomic E-state index is 2.60. The van der Waals surface area contributed by atoms with Crippen molar-refractivity contribution < 1.29 is 0 Å². The number of para-hydroxylation sites is 2. The molecule has 0 saturated heterocycles. The predicted molar refractivity (Wildman–Crippen MR) is 273 cm³/mol. The third-order valence-corrected chi connectivity index (χ3v) is 14.4. The van der Waals surface area contributed by atoms with Crippen LogP contribution in [0.1, 0.15) is 76.3 Å².